The lowest BCUT2D eigenvalue weighted by atomic mass is 10.2. The summed E-state index contributed by atoms with van der Waals surface area (Å²) >= 11 is 0. The van der Waals surface area contributed by atoms with Gasteiger partial charge in [-0.05, 0) is 26.0 Å². The van der Waals surface area contributed by atoms with Crippen LogP contribution in [0.2, 0.25) is 0 Å². The molecule has 4 nitrogen and oxygen atoms in total. The van der Waals surface area contributed by atoms with Crippen molar-refractivity contribution in [1.29, 1.82) is 0 Å². The Bertz CT molecular complexity index is 462. The van der Waals surface area contributed by atoms with Gasteiger partial charge in [0.1, 0.15) is 0 Å². The fourth-order valence-electron chi connectivity index (χ4n) is 1.51. The average molecular weight is 291 g/mol. The van der Waals surface area contributed by atoms with Crippen LogP contribution in [0.25, 0.3) is 0 Å². The second-order valence-corrected chi connectivity index (χ2v) is 3.77. The lowest BCUT2D eigenvalue weighted by Gasteiger charge is -2.17. The van der Waals surface area contributed by atoms with Crippen LogP contribution in [-0.2, 0) is 9.47 Å². The van der Waals surface area contributed by atoms with E-state index in [0.29, 0.717) is 19.3 Å². The molecule has 0 saturated carbocycles. The van der Waals surface area contributed by atoms with Gasteiger partial charge in [0, 0.05) is 13.2 Å². The van der Waals surface area contributed by atoms with Gasteiger partial charge < -0.3 is 14.8 Å². The van der Waals surface area contributed by atoms with Gasteiger partial charge >= 0.3 is 0 Å². The number of carbonyl (C=O) groups excluding carboxylic acids is 1. The van der Waals surface area contributed by atoms with E-state index in [1.807, 2.05) is 0 Å². The van der Waals surface area contributed by atoms with Crippen molar-refractivity contribution >= 4 is 5.91 Å². The zero-order valence-electron chi connectivity index (χ0n) is 11.2. The van der Waals surface area contributed by atoms with E-state index in [9.17, 15) is 18.0 Å². The minimum Gasteiger partial charge on any atom is -0.351 e. The minimum absolute atomic E-state index is 0.0288. The molecule has 0 atom stereocenters. The van der Waals surface area contributed by atoms with Crippen molar-refractivity contribution in [2.45, 2.75) is 20.1 Å². The van der Waals surface area contributed by atoms with Crippen LogP contribution in [0.15, 0.2) is 12.1 Å². The van der Waals surface area contributed by atoms with E-state index in [-0.39, 0.29) is 6.54 Å². The molecule has 0 aliphatic carbocycles. The van der Waals surface area contributed by atoms with Gasteiger partial charge in [-0.25, -0.2) is 13.2 Å². The van der Waals surface area contributed by atoms with Crippen molar-refractivity contribution in [2.75, 3.05) is 19.8 Å². The van der Waals surface area contributed by atoms with Crippen LogP contribution in [0.5, 0.6) is 0 Å². The maximum Gasteiger partial charge on any atom is 0.254 e. The van der Waals surface area contributed by atoms with Crippen molar-refractivity contribution in [3.63, 3.8) is 0 Å². The quantitative estimate of drug-likeness (QED) is 0.619. The summed E-state index contributed by atoms with van der Waals surface area (Å²) in [5, 5.41) is 2.34. The Balaban J connectivity index is 2.69. The number of amides is 1. The maximum atomic E-state index is 13.4. The highest BCUT2D eigenvalue weighted by atomic mass is 19.2. The molecule has 20 heavy (non-hydrogen) atoms. The molecule has 0 heterocycles. The topological polar surface area (TPSA) is 47.6 Å². The first-order chi connectivity index (χ1) is 9.51. The zero-order valence-corrected chi connectivity index (χ0v) is 11.2. The third-order valence-corrected chi connectivity index (χ3v) is 2.41. The third kappa shape index (κ3) is 4.21. The van der Waals surface area contributed by atoms with Gasteiger partial charge in [-0.2, -0.15) is 0 Å². The summed E-state index contributed by atoms with van der Waals surface area (Å²) in [6.45, 7) is 4.23. The Morgan fingerprint density at radius 2 is 1.75 bits per heavy atom. The summed E-state index contributed by atoms with van der Waals surface area (Å²) in [7, 11) is 0. The molecular weight excluding hydrogens is 275 g/mol. The molecule has 0 spiro atoms. The standard InChI is InChI=1S/C13H16F3NO3/c1-3-19-10(20-4-2)7-17-13(18)8-5-6-9(14)12(16)11(8)15/h5-6,10H,3-4,7H2,1-2H3,(H,17,18). The fraction of sp³-hybridized carbons (Fsp3) is 0.462. The lowest BCUT2D eigenvalue weighted by molar-refractivity contribution is -0.131. The molecule has 112 valence electrons. The molecule has 0 unspecified atom stereocenters. The summed E-state index contributed by atoms with van der Waals surface area (Å²) in [5.74, 6) is -5.41. The summed E-state index contributed by atoms with van der Waals surface area (Å²) < 4.78 is 49.5. The highest BCUT2D eigenvalue weighted by molar-refractivity contribution is 5.94. The number of hydrogen-bond donors (Lipinski definition) is 1. The minimum atomic E-state index is -1.68. The Hall–Kier alpha value is -1.60. The number of ether oxygens (including phenoxy) is 2. The van der Waals surface area contributed by atoms with E-state index >= 15 is 0 Å². The lowest BCUT2D eigenvalue weighted by Crippen LogP contribution is -2.36. The van der Waals surface area contributed by atoms with Crippen LogP contribution in [0.3, 0.4) is 0 Å². The number of nitrogens with one attached hydrogen (secondary N) is 1. The predicted molar refractivity (Wildman–Crippen MR) is 65.7 cm³/mol. The molecule has 1 N–H and O–H groups in total. The van der Waals surface area contributed by atoms with Crippen molar-refractivity contribution in [3.8, 4) is 0 Å². The molecule has 7 heteroatoms. The van der Waals surface area contributed by atoms with Crippen molar-refractivity contribution in [1.82, 2.24) is 5.32 Å². The molecule has 1 aromatic carbocycles. The van der Waals surface area contributed by atoms with Crippen molar-refractivity contribution in [2.24, 2.45) is 0 Å². The molecule has 0 saturated heterocycles. The van der Waals surface area contributed by atoms with Gasteiger partial charge in [-0.1, -0.05) is 0 Å². The normalized spacial score (nSPS) is 10.9. The van der Waals surface area contributed by atoms with E-state index < -0.39 is 35.2 Å². The Morgan fingerprint density at radius 1 is 1.15 bits per heavy atom. The first-order valence-electron chi connectivity index (χ1n) is 6.16. The van der Waals surface area contributed by atoms with Crippen LogP contribution in [0.1, 0.15) is 24.2 Å². The van der Waals surface area contributed by atoms with Crippen LogP contribution < -0.4 is 5.32 Å². The van der Waals surface area contributed by atoms with Crippen molar-refractivity contribution in [3.05, 3.63) is 35.1 Å². The second-order valence-electron chi connectivity index (χ2n) is 3.77. The summed E-state index contributed by atoms with van der Waals surface area (Å²) in [6, 6.07) is 1.56. The Morgan fingerprint density at radius 3 is 2.30 bits per heavy atom. The number of hydrogen-bond acceptors (Lipinski definition) is 3. The molecule has 0 aromatic heterocycles. The molecule has 0 aliphatic heterocycles. The number of benzene rings is 1. The molecule has 0 radical (unpaired) electrons. The molecule has 1 amide bonds. The van der Waals surface area contributed by atoms with Crippen molar-refractivity contribution < 1.29 is 27.4 Å². The van der Waals surface area contributed by atoms with E-state index in [4.69, 9.17) is 9.47 Å². The SMILES string of the molecule is CCOC(CNC(=O)c1ccc(F)c(F)c1F)OCC. The molecular formula is C13H16F3NO3. The summed E-state index contributed by atoms with van der Waals surface area (Å²) in [4.78, 5) is 11.7. The predicted octanol–water partition coefficient (Wildman–Crippen LogP) is 2.23. The average Bonchev–Trinajstić information content (AvgIpc) is 2.42. The van der Waals surface area contributed by atoms with Gasteiger partial charge in [0.2, 0.25) is 0 Å². The number of rotatable bonds is 7. The van der Waals surface area contributed by atoms with E-state index in [2.05, 4.69) is 5.32 Å². The molecule has 1 aromatic rings. The highest BCUT2D eigenvalue weighted by Crippen LogP contribution is 2.15. The first kappa shape index (κ1) is 16.5. The number of carbonyl (C=O) groups is 1. The fourth-order valence-corrected chi connectivity index (χ4v) is 1.51. The zero-order chi connectivity index (χ0) is 15.1. The van der Waals surface area contributed by atoms with Crippen LogP contribution in [0, 0.1) is 17.5 Å². The van der Waals surface area contributed by atoms with Gasteiger partial charge in [0.25, 0.3) is 5.91 Å². The molecule has 0 fully saturated rings. The highest BCUT2D eigenvalue weighted by Gasteiger charge is 2.19. The Labute approximate surface area is 114 Å². The van der Waals surface area contributed by atoms with Gasteiger partial charge in [0.05, 0.1) is 12.1 Å². The largest absolute Gasteiger partial charge is 0.351 e. The maximum absolute atomic E-state index is 13.4. The van der Waals surface area contributed by atoms with Gasteiger partial charge in [-0.15, -0.1) is 0 Å². The molecule has 0 aliphatic rings. The molecule has 1 rings (SSSR count). The number of halogens is 3. The van der Waals surface area contributed by atoms with E-state index in [1.165, 1.54) is 0 Å². The van der Waals surface area contributed by atoms with E-state index in [1.54, 1.807) is 13.8 Å². The summed E-state index contributed by atoms with van der Waals surface area (Å²) in [6.07, 6.45) is -0.678. The second kappa shape index (κ2) is 7.86. The monoisotopic (exact) mass is 291 g/mol. The molecule has 0 bridgehead atoms. The Kier molecular flexibility index (Phi) is 6.47. The van der Waals surface area contributed by atoms with E-state index in [0.717, 1.165) is 6.07 Å². The smallest absolute Gasteiger partial charge is 0.254 e. The first-order valence-corrected chi connectivity index (χ1v) is 6.16. The van der Waals surface area contributed by atoms with Gasteiger partial charge in [0.15, 0.2) is 23.7 Å². The van der Waals surface area contributed by atoms with Crippen LogP contribution in [0.4, 0.5) is 13.2 Å². The third-order valence-electron chi connectivity index (χ3n) is 2.41. The summed E-state index contributed by atoms with van der Waals surface area (Å²) in [5.41, 5.74) is -0.573. The van der Waals surface area contributed by atoms with Crippen LogP contribution in [-0.4, -0.2) is 32.0 Å². The van der Waals surface area contributed by atoms with Crippen LogP contribution >= 0.6 is 0 Å². The van der Waals surface area contributed by atoms with Gasteiger partial charge in [-0.3, -0.25) is 4.79 Å².